The summed E-state index contributed by atoms with van der Waals surface area (Å²) in [6.45, 7) is 4.26. The molecule has 3 nitrogen and oxygen atoms in total. The van der Waals surface area contributed by atoms with Crippen LogP contribution in [0.2, 0.25) is 0 Å². The molecule has 0 bridgehead atoms. The molecule has 1 atom stereocenters. The van der Waals surface area contributed by atoms with Crippen molar-refractivity contribution in [2.75, 3.05) is 7.11 Å². The Labute approximate surface area is 92.6 Å². The third kappa shape index (κ3) is 4.20. The summed E-state index contributed by atoms with van der Waals surface area (Å²) in [6, 6.07) is 0.408. The molecule has 0 spiro atoms. The molecule has 0 aliphatic heterocycles. The molecule has 1 rings (SSSR count). The molecule has 0 aromatic rings. The summed E-state index contributed by atoms with van der Waals surface area (Å²) < 4.78 is 4.82. The lowest BCUT2D eigenvalue weighted by Crippen LogP contribution is -2.43. The molecular formula is C12H23NO2. The molecule has 1 aliphatic rings. The van der Waals surface area contributed by atoms with E-state index < -0.39 is 0 Å². The standard InChI is InChI=1S/C12H23NO2/c1-9(2)8-11(12(14)15-3)13-10-6-4-5-7-10/h9-11,13H,4-8H2,1-3H3. The fourth-order valence-electron chi connectivity index (χ4n) is 2.22. The molecule has 88 valence electrons. The number of nitrogens with one attached hydrogen (secondary N) is 1. The lowest BCUT2D eigenvalue weighted by Gasteiger charge is -2.22. The number of carbonyl (C=O) groups excluding carboxylic acids is 1. The van der Waals surface area contributed by atoms with Crippen molar-refractivity contribution >= 4 is 5.97 Å². The van der Waals surface area contributed by atoms with Gasteiger partial charge in [0.05, 0.1) is 7.11 Å². The highest BCUT2D eigenvalue weighted by Gasteiger charge is 2.25. The van der Waals surface area contributed by atoms with Crippen LogP contribution < -0.4 is 5.32 Å². The molecular weight excluding hydrogens is 190 g/mol. The number of ether oxygens (including phenoxy) is 1. The van der Waals surface area contributed by atoms with Gasteiger partial charge in [-0.2, -0.15) is 0 Å². The summed E-state index contributed by atoms with van der Waals surface area (Å²) in [5.41, 5.74) is 0. The maximum Gasteiger partial charge on any atom is 0.322 e. The fraction of sp³-hybridized carbons (Fsp3) is 0.917. The zero-order valence-electron chi connectivity index (χ0n) is 10.1. The normalized spacial score (nSPS) is 19.5. The van der Waals surface area contributed by atoms with Crippen LogP contribution in [0.1, 0.15) is 46.0 Å². The van der Waals surface area contributed by atoms with Crippen LogP contribution in [-0.4, -0.2) is 25.2 Å². The maximum absolute atomic E-state index is 11.6. The van der Waals surface area contributed by atoms with Crippen molar-refractivity contribution in [3.05, 3.63) is 0 Å². The molecule has 0 aromatic carbocycles. The van der Waals surface area contributed by atoms with Crippen LogP contribution in [0.4, 0.5) is 0 Å². The average Bonchev–Trinajstić information content (AvgIpc) is 2.67. The summed E-state index contributed by atoms with van der Waals surface area (Å²) in [5, 5.41) is 3.42. The van der Waals surface area contributed by atoms with E-state index in [2.05, 4.69) is 19.2 Å². The Hall–Kier alpha value is -0.570. The molecule has 1 fully saturated rings. The van der Waals surface area contributed by atoms with E-state index >= 15 is 0 Å². The van der Waals surface area contributed by atoms with Crippen LogP contribution in [0.5, 0.6) is 0 Å². The summed E-state index contributed by atoms with van der Waals surface area (Å²) >= 11 is 0. The molecule has 0 saturated heterocycles. The van der Waals surface area contributed by atoms with Gasteiger partial charge in [0.25, 0.3) is 0 Å². The van der Waals surface area contributed by atoms with Gasteiger partial charge in [-0.05, 0) is 25.2 Å². The predicted octanol–water partition coefficient (Wildman–Crippen LogP) is 2.11. The van der Waals surface area contributed by atoms with E-state index in [-0.39, 0.29) is 12.0 Å². The van der Waals surface area contributed by atoms with E-state index in [0.717, 1.165) is 6.42 Å². The van der Waals surface area contributed by atoms with E-state index in [4.69, 9.17) is 4.74 Å². The van der Waals surface area contributed by atoms with E-state index in [1.165, 1.54) is 32.8 Å². The molecule has 1 aliphatic carbocycles. The Balaban J connectivity index is 2.43. The first-order valence-electron chi connectivity index (χ1n) is 5.97. The lowest BCUT2D eigenvalue weighted by molar-refractivity contribution is -0.143. The van der Waals surface area contributed by atoms with Crippen molar-refractivity contribution in [2.24, 2.45) is 5.92 Å². The van der Waals surface area contributed by atoms with Crippen molar-refractivity contribution in [2.45, 2.75) is 58.0 Å². The Morgan fingerprint density at radius 1 is 1.40 bits per heavy atom. The maximum atomic E-state index is 11.6. The second kappa shape index (κ2) is 6.11. The van der Waals surface area contributed by atoms with Crippen molar-refractivity contribution < 1.29 is 9.53 Å². The summed E-state index contributed by atoms with van der Waals surface area (Å²) in [7, 11) is 1.46. The molecule has 0 aromatic heterocycles. The molecule has 1 unspecified atom stereocenters. The van der Waals surface area contributed by atoms with Crippen LogP contribution in [-0.2, 0) is 9.53 Å². The van der Waals surface area contributed by atoms with Gasteiger partial charge in [-0.15, -0.1) is 0 Å². The summed E-state index contributed by atoms with van der Waals surface area (Å²) in [4.78, 5) is 11.6. The third-order valence-corrected chi connectivity index (χ3v) is 2.98. The molecule has 0 amide bonds. The predicted molar refractivity (Wildman–Crippen MR) is 60.7 cm³/mol. The minimum absolute atomic E-state index is 0.113. The number of methoxy groups -OCH3 is 1. The second-order valence-corrected chi connectivity index (χ2v) is 4.85. The lowest BCUT2D eigenvalue weighted by atomic mass is 10.0. The fourth-order valence-corrected chi connectivity index (χ4v) is 2.22. The molecule has 1 saturated carbocycles. The number of esters is 1. The largest absolute Gasteiger partial charge is 0.468 e. The smallest absolute Gasteiger partial charge is 0.322 e. The number of hydrogen-bond acceptors (Lipinski definition) is 3. The second-order valence-electron chi connectivity index (χ2n) is 4.85. The van der Waals surface area contributed by atoms with Gasteiger partial charge in [0.1, 0.15) is 6.04 Å². The van der Waals surface area contributed by atoms with Crippen molar-refractivity contribution in [1.29, 1.82) is 0 Å². The highest BCUT2D eigenvalue weighted by atomic mass is 16.5. The quantitative estimate of drug-likeness (QED) is 0.711. The van der Waals surface area contributed by atoms with Gasteiger partial charge in [-0.1, -0.05) is 26.7 Å². The van der Waals surface area contributed by atoms with Gasteiger partial charge >= 0.3 is 5.97 Å². The Bertz CT molecular complexity index is 198. The number of carbonyl (C=O) groups is 1. The highest BCUT2D eigenvalue weighted by molar-refractivity contribution is 5.75. The topological polar surface area (TPSA) is 38.3 Å². The Morgan fingerprint density at radius 3 is 2.47 bits per heavy atom. The Morgan fingerprint density at radius 2 is 2.00 bits per heavy atom. The van der Waals surface area contributed by atoms with Gasteiger partial charge in [-0.25, -0.2) is 0 Å². The van der Waals surface area contributed by atoms with Crippen molar-refractivity contribution in [3.63, 3.8) is 0 Å². The van der Waals surface area contributed by atoms with Gasteiger partial charge in [0.2, 0.25) is 0 Å². The summed E-state index contributed by atoms with van der Waals surface area (Å²) in [5.74, 6) is 0.401. The van der Waals surface area contributed by atoms with Crippen molar-refractivity contribution in [1.82, 2.24) is 5.32 Å². The SMILES string of the molecule is COC(=O)C(CC(C)C)NC1CCCC1. The first-order valence-corrected chi connectivity index (χ1v) is 5.97. The molecule has 0 radical (unpaired) electrons. The monoisotopic (exact) mass is 213 g/mol. The molecule has 15 heavy (non-hydrogen) atoms. The van der Waals surface area contributed by atoms with Gasteiger partial charge < -0.3 is 10.1 Å². The van der Waals surface area contributed by atoms with E-state index in [1.807, 2.05) is 0 Å². The summed E-state index contributed by atoms with van der Waals surface area (Å²) in [6.07, 6.45) is 5.83. The first kappa shape index (κ1) is 12.5. The van der Waals surface area contributed by atoms with Crippen LogP contribution in [0.3, 0.4) is 0 Å². The molecule has 0 heterocycles. The minimum atomic E-state index is -0.115. The third-order valence-electron chi connectivity index (χ3n) is 2.98. The van der Waals surface area contributed by atoms with E-state index in [0.29, 0.717) is 12.0 Å². The first-order chi connectivity index (χ1) is 7.13. The number of rotatable bonds is 5. The van der Waals surface area contributed by atoms with Crippen LogP contribution in [0, 0.1) is 5.92 Å². The average molecular weight is 213 g/mol. The van der Waals surface area contributed by atoms with Crippen LogP contribution >= 0.6 is 0 Å². The van der Waals surface area contributed by atoms with E-state index in [1.54, 1.807) is 0 Å². The Kier molecular flexibility index (Phi) is 5.09. The van der Waals surface area contributed by atoms with Crippen LogP contribution in [0.25, 0.3) is 0 Å². The molecule has 3 heteroatoms. The van der Waals surface area contributed by atoms with Gasteiger partial charge in [0, 0.05) is 6.04 Å². The minimum Gasteiger partial charge on any atom is -0.468 e. The molecule has 1 N–H and O–H groups in total. The zero-order chi connectivity index (χ0) is 11.3. The highest BCUT2D eigenvalue weighted by Crippen LogP contribution is 2.19. The van der Waals surface area contributed by atoms with Gasteiger partial charge in [0.15, 0.2) is 0 Å². The number of hydrogen-bond donors (Lipinski definition) is 1. The van der Waals surface area contributed by atoms with Crippen molar-refractivity contribution in [3.8, 4) is 0 Å². The van der Waals surface area contributed by atoms with E-state index in [9.17, 15) is 4.79 Å². The zero-order valence-corrected chi connectivity index (χ0v) is 10.1. The van der Waals surface area contributed by atoms with Gasteiger partial charge in [-0.3, -0.25) is 4.79 Å². The van der Waals surface area contributed by atoms with Crippen LogP contribution in [0.15, 0.2) is 0 Å².